The van der Waals surface area contributed by atoms with Crippen molar-refractivity contribution < 1.29 is 9.47 Å². The summed E-state index contributed by atoms with van der Waals surface area (Å²) in [4.78, 5) is 8.46. The van der Waals surface area contributed by atoms with E-state index in [9.17, 15) is 0 Å². The molecule has 2 heterocycles. The van der Waals surface area contributed by atoms with Crippen LogP contribution in [0.15, 0.2) is 66.2 Å². The highest BCUT2D eigenvalue weighted by Gasteiger charge is 2.17. The summed E-state index contributed by atoms with van der Waals surface area (Å²) >= 11 is 0. The number of hydrogen-bond acceptors (Lipinski definition) is 4. The molecule has 0 amide bonds. The van der Waals surface area contributed by atoms with E-state index in [1.54, 1.807) is 13.2 Å². The molecular weight excluding hydrogens is 541 g/mol. The van der Waals surface area contributed by atoms with Crippen molar-refractivity contribution >= 4 is 29.9 Å². The third-order valence-electron chi connectivity index (χ3n) is 5.75. The van der Waals surface area contributed by atoms with Crippen molar-refractivity contribution in [1.82, 2.24) is 20.2 Å². The number of rotatable bonds is 9. The highest BCUT2D eigenvalue weighted by Crippen LogP contribution is 2.22. The molecule has 0 radical (unpaired) electrons. The fourth-order valence-corrected chi connectivity index (χ4v) is 3.84. The van der Waals surface area contributed by atoms with Gasteiger partial charge in [-0.3, -0.25) is 4.99 Å². The number of nitrogens with one attached hydrogen (secondary N) is 2. The first kappa shape index (κ1) is 26.0. The highest BCUT2D eigenvalue weighted by atomic mass is 127. The Morgan fingerprint density at radius 2 is 1.94 bits per heavy atom. The summed E-state index contributed by atoms with van der Waals surface area (Å²) in [5, 5.41) is 6.79. The van der Waals surface area contributed by atoms with Crippen molar-refractivity contribution in [3.05, 3.63) is 83.4 Å². The number of hydrogen-bond donors (Lipinski definition) is 2. The van der Waals surface area contributed by atoms with Crippen molar-refractivity contribution in [3.63, 3.8) is 0 Å². The van der Waals surface area contributed by atoms with Gasteiger partial charge < -0.3 is 24.7 Å². The highest BCUT2D eigenvalue weighted by molar-refractivity contribution is 14.0. The minimum absolute atomic E-state index is 0. The topological polar surface area (TPSA) is 72.7 Å². The second-order valence-electron chi connectivity index (χ2n) is 8.39. The number of guanidine groups is 1. The maximum Gasteiger partial charge on any atom is 0.191 e. The molecule has 1 aliphatic heterocycles. The van der Waals surface area contributed by atoms with Gasteiger partial charge in [0.1, 0.15) is 12.4 Å². The monoisotopic (exact) mass is 575 g/mol. The molecule has 0 saturated carbocycles. The molecule has 1 atom stereocenters. The fourth-order valence-electron chi connectivity index (χ4n) is 3.84. The van der Waals surface area contributed by atoms with Crippen LogP contribution < -0.4 is 15.4 Å². The van der Waals surface area contributed by atoms with Crippen molar-refractivity contribution in [2.45, 2.75) is 45.5 Å². The van der Waals surface area contributed by atoms with E-state index in [0.29, 0.717) is 19.7 Å². The van der Waals surface area contributed by atoms with Crippen molar-refractivity contribution in [2.75, 3.05) is 20.3 Å². The zero-order valence-corrected chi connectivity index (χ0v) is 22.2. The standard InChI is InChI=1S/C26H33N5O2.HI/c1-20-5-10-23(25(14-20)33-18-24-4-3-13-32-24)16-30-26(27-2)29-15-21-6-8-22(9-7-21)17-31-12-11-28-19-31;/h5-12,14,19,24H,3-4,13,15-18H2,1-2H3,(H2,27,29,30);1H. The molecule has 2 N–H and O–H groups in total. The van der Waals surface area contributed by atoms with Gasteiger partial charge >= 0.3 is 0 Å². The summed E-state index contributed by atoms with van der Waals surface area (Å²) in [7, 11) is 1.79. The quantitative estimate of drug-likeness (QED) is 0.227. The van der Waals surface area contributed by atoms with E-state index >= 15 is 0 Å². The first-order valence-electron chi connectivity index (χ1n) is 11.5. The minimum atomic E-state index is 0. The van der Waals surface area contributed by atoms with Gasteiger partial charge in [0.25, 0.3) is 0 Å². The van der Waals surface area contributed by atoms with Crippen LogP contribution in [0.1, 0.15) is 35.1 Å². The molecule has 0 spiro atoms. The van der Waals surface area contributed by atoms with E-state index in [1.807, 2.05) is 12.5 Å². The molecule has 1 aliphatic rings. The van der Waals surface area contributed by atoms with Gasteiger partial charge in [-0.25, -0.2) is 4.98 Å². The van der Waals surface area contributed by atoms with E-state index < -0.39 is 0 Å². The van der Waals surface area contributed by atoms with Gasteiger partial charge in [-0.15, -0.1) is 24.0 Å². The SMILES string of the molecule is CN=C(NCc1ccc(Cn2ccnc2)cc1)NCc1ccc(C)cc1OCC1CCCO1.I. The number of imidazole rings is 1. The first-order valence-corrected chi connectivity index (χ1v) is 11.5. The molecule has 7 nitrogen and oxygen atoms in total. The van der Waals surface area contributed by atoms with Crippen LogP contribution >= 0.6 is 24.0 Å². The molecule has 1 saturated heterocycles. The summed E-state index contributed by atoms with van der Waals surface area (Å²) in [6, 6.07) is 14.9. The maximum absolute atomic E-state index is 6.11. The summed E-state index contributed by atoms with van der Waals surface area (Å²) in [6.07, 6.45) is 7.99. The Balaban J connectivity index is 0.00000324. The average Bonchev–Trinajstić information content (AvgIpc) is 3.54. The lowest BCUT2D eigenvalue weighted by atomic mass is 10.1. The number of aryl methyl sites for hydroxylation is 1. The smallest absolute Gasteiger partial charge is 0.191 e. The Labute approximate surface area is 219 Å². The normalized spacial score (nSPS) is 15.6. The Morgan fingerprint density at radius 3 is 2.65 bits per heavy atom. The number of benzene rings is 2. The van der Waals surface area contributed by atoms with E-state index in [0.717, 1.165) is 43.3 Å². The molecule has 34 heavy (non-hydrogen) atoms. The summed E-state index contributed by atoms with van der Waals surface area (Å²) in [6.45, 7) is 5.67. The summed E-state index contributed by atoms with van der Waals surface area (Å²) in [5.41, 5.74) is 4.72. The van der Waals surface area contributed by atoms with Gasteiger partial charge in [0, 0.05) is 51.2 Å². The van der Waals surface area contributed by atoms with E-state index in [4.69, 9.17) is 9.47 Å². The van der Waals surface area contributed by atoms with Gasteiger partial charge in [-0.1, -0.05) is 36.4 Å². The van der Waals surface area contributed by atoms with E-state index in [-0.39, 0.29) is 30.1 Å². The fraction of sp³-hybridized carbons (Fsp3) is 0.385. The largest absolute Gasteiger partial charge is 0.491 e. The molecular formula is C26H34IN5O2. The Hall–Kier alpha value is -2.59. The molecule has 0 aliphatic carbocycles. The lowest BCUT2D eigenvalue weighted by Gasteiger charge is -2.17. The molecule has 4 rings (SSSR count). The Bertz CT molecular complexity index is 1030. The maximum atomic E-state index is 6.11. The second kappa shape index (κ2) is 13.3. The molecule has 0 bridgehead atoms. The van der Waals surface area contributed by atoms with Crippen LogP contribution in [0, 0.1) is 6.92 Å². The third kappa shape index (κ3) is 7.73. The van der Waals surface area contributed by atoms with Crippen LogP contribution in [0.5, 0.6) is 5.75 Å². The van der Waals surface area contributed by atoms with Crippen LogP contribution in [0.4, 0.5) is 0 Å². The molecule has 1 aromatic heterocycles. The van der Waals surface area contributed by atoms with Crippen LogP contribution in [-0.4, -0.2) is 41.9 Å². The number of nitrogens with zero attached hydrogens (tertiary/aromatic N) is 3. The lowest BCUT2D eigenvalue weighted by Crippen LogP contribution is -2.36. The Morgan fingerprint density at radius 1 is 1.15 bits per heavy atom. The molecule has 182 valence electrons. The number of halogens is 1. The Kier molecular flexibility index (Phi) is 10.2. The average molecular weight is 575 g/mol. The predicted molar refractivity (Wildman–Crippen MR) is 146 cm³/mol. The molecule has 8 heteroatoms. The van der Waals surface area contributed by atoms with Gasteiger partial charge in [-0.05, 0) is 42.5 Å². The van der Waals surface area contributed by atoms with Crippen LogP contribution in [0.2, 0.25) is 0 Å². The molecule has 1 unspecified atom stereocenters. The number of aliphatic imine (C=N–C) groups is 1. The molecule has 1 fully saturated rings. The van der Waals surface area contributed by atoms with Crippen molar-refractivity contribution in [2.24, 2.45) is 4.99 Å². The van der Waals surface area contributed by atoms with Crippen LogP contribution in [0.25, 0.3) is 0 Å². The zero-order chi connectivity index (χ0) is 22.9. The van der Waals surface area contributed by atoms with Gasteiger partial charge in [0.05, 0.1) is 12.4 Å². The second-order valence-corrected chi connectivity index (χ2v) is 8.39. The van der Waals surface area contributed by atoms with Gasteiger partial charge in [0.2, 0.25) is 0 Å². The minimum Gasteiger partial charge on any atom is -0.491 e. The van der Waals surface area contributed by atoms with Gasteiger partial charge in [0.15, 0.2) is 5.96 Å². The molecule has 3 aromatic rings. The lowest BCUT2D eigenvalue weighted by molar-refractivity contribution is 0.0676. The van der Waals surface area contributed by atoms with E-state index in [1.165, 1.54) is 16.7 Å². The predicted octanol–water partition coefficient (Wildman–Crippen LogP) is 4.28. The molecule has 2 aromatic carbocycles. The summed E-state index contributed by atoms with van der Waals surface area (Å²) in [5.74, 6) is 1.66. The van der Waals surface area contributed by atoms with E-state index in [2.05, 4.69) is 74.6 Å². The number of ether oxygens (including phenoxy) is 2. The number of aromatic nitrogens is 2. The van der Waals surface area contributed by atoms with Crippen molar-refractivity contribution in [1.29, 1.82) is 0 Å². The third-order valence-corrected chi connectivity index (χ3v) is 5.75. The summed E-state index contributed by atoms with van der Waals surface area (Å²) < 4.78 is 13.9. The zero-order valence-electron chi connectivity index (χ0n) is 19.9. The first-order chi connectivity index (χ1) is 16.2. The van der Waals surface area contributed by atoms with Crippen LogP contribution in [0.3, 0.4) is 0 Å². The van der Waals surface area contributed by atoms with Crippen LogP contribution in [-0.2, 0) is 24.4 Å². The van der Waals surface area contributed by atoms with Gasteiger partial charge in [-0.2, -0.15) is 0 Å². The van der Waals surface area contributed by atoms with Crippen molar-refractivity contribution in [3.8, 4) is 5.75 Å².